The van der Waals surface area contributed by atoms with Gasteiger partial charge in [-0.3, -0.25) is 4.79 Å². The van der Waals surface area contributed by atoms with E-state index < -0.39 is 0 Å². The van der Waals surface area contributed by atoms with Crippen LogP contribution in [0.2, 0.25) is 0 Å². The van der Waals surface area contributed by atoms with Gasteiger partial charge in [-0.2, -0.15) is 0 Å². The number of hydrogen-bond acceptors (Lipinski definition) is 2. The van der Waals surface area contributed by atoms with Crippen LogP contribution >= 0.6 is 0 Å². The van der Waals surface area contributed by atoms with Crippen molar-refractivity contribution < 1.29 is 4.79 Å². The summed E-state index contributed by atoms with van der Waals surface area (Å²) in [5.41, 5.74) is 5.43. The Kier molecular flexibility index (Phi) is 4.94. The molecule has 2 rings (SSSR count). The monoisotopic (exact) mass is 191 g/mol. The summed E-state index contributed by atoms with van der Waals surface area (Å²) < 4.78 is 0. The van der Waals surface area contributed by atoms with Crippen LogP contribution in [0.1, 0.15) is 25.7 Å². The Labute approximate surface area is 85.1 Å². The molecule has 0 spiro atoms. The molecule has 1 aromatic rings. The maximum absolute atomic E-state index is 10.7. The third kappa shape index (κ3) is 4.19. The first-order chi connectivity index (χ1) is 6.80. The summed E-state index contributed by atoms with van der Waals surface area (Å²) in [6, 6.07) is 11.9. The minimum Gasteiger partial charge on any atom is -0.322 e. The first-order valence-electron chi connectivity index (χ1n) is 5.09. The Balaban J connectivity index is 0.000000146. The second kappa shape index (κ2) is 6.33. The van der Waals surface area contributed by atoms with E-state index in [2.05, 4.69) is 0 Å². The van der Waals surface area contributed by atoms with Crippen molar-refractivity contribution in [3.63, 3.8) is 0 Å². The molecule has 0 amide bonds. The molecule has 0 aliphatic heterocycles. The molecular formula is C12H17NO. The zero-order valence-electron chi connectivity index (χ0n) is 8.36. The predicted molar refractivity (Wildman–Crippen MR) is 57.9 cm³/mol. The quantitative estimate of drug-likeness (QED) is 0.682. The van der Waals surface area contributed by atoms with Gasteiger partial charge in [-0.15, -0.1) is 0 Å². The molecule has 0 aromatic heterocycles. The summed E-state index contributed by atoms with van der Waals surface area (Å²) in [4.78, 5) is 10.7. The summed E-state index contributed by atoms with van der Waals surface area (Å²) >= 11 is 0. The Bertz CT molecular complexity index is 232. The Morgan fingerprint density at radius 1 is 1.00 bits per heavy atom. The molecule has 2 N–H and O–H groups in total. The summed E-state index contributed by atoms with van der Waals surface area (Å²) in [7, 11) is 0. The van der Waals surface area contributed by atoms with Gasteiger partial charge in [-0.25, -0.2) is 0 Å². The fourth-order valence-electron chi connectivity index (χ4n) is 1.39. The lowest BCUT2D eigenvalue weighted by Gasteiger charge is -2.14. The highest BCUT2D eigenvalue weighted by Gasteiger charge is 2.16. The highest BCUT2D eigenvalue weighted by atomic mass is 16.1. The number of ketones is 1. The van der Waals surface area contributed by atoms with Crippen LogP contribution in [-0.2, 0) is 4.79 Å². The van der Waals surface area contributed by atoms with Gasteiger partial charge in [0.15, 0.2) is 0 Å². The summed E-state index contributed by atoms with van der Waals surface area (Å²) in [6.07, 6.45) is 3.79. The van der Waals surface area contributed by atoms with Crippen molar-refractivity contribution in [2.45, 2.75) is 31.7 Å². The normalized spacial score (nSPS) is 20.9. The molecule has 1 aliphatic carbocycles. The molecule has 2 heteroatoms. The van der Waals surface area contributed by atoms with Crippen LogP contribution in [0.15, 0.2) is 36.4 Å². The van der Waals surface area contributed by atoms with Crippen LogP contribution in [0.25, 0.3) is 0 Å². The average molecular weight is 191 g/mol. The average Bonchev–Trinajstić information content (AvgIpc) is 2.26. The van der Waals surface area contributed by atoms with Crippen molar-refractivity contribution in [3.8, 4) is 0 Å². The van der Waals surface area contributed by atoms with Gasteiger partial charge in [-0.05, 0) is 12.8 Å². The Hall–Kier alpha value is -1.15. The van der Waals surface area contributed by atoms with E-state index in [9.17, 15) is 4.79 Å². The van der Waals surface area contributed by atoms with Crippen LogP contribution < -0.4 is 5.73 Å². The zero-order chi connectivity index (χ0) is 10.2. The number of benzene rings is 1. The molecule has 1 saturated carbocycles. The molecule has 0 radical (unpaired) electrons. The summed E-state index contributed by atoms with van der Waals surface area (Å²) in [5.74, 6) is 0.247. The lowest BCUT2D eigenvalue weighted by molar-refractivity contribution is -0.121. The molecule has 0 saturated heterocycles. The van der Waals surface area contributed by atoms with Gasteiger partial charge >= 0.3 is 0 Å². The molecule has 1 aliphatic rings. The van der Waals surface area contributed by atoms with Gasteiger partial charge in [0.25, 0.3) is 0 Å². The SMILES string of the molecule is NC1CCCCC1=O.c1ccccc1. The minimum atomic E-state index is -0.135. The van der Waals surface area contributed by atoms with Crippen molar-refractivity contribution in [3.05, 3.63) is 36.4 Å². The first-order valence-corrected chi connectivity index (χ1v) is 5.09. The summed E-state index contributed by atoms with van der Waals surface area (Å²) in [6.45, 7) is 0. The van der Waals surface area contributed by atoms with E-state index >= 15 is 0 Å². The van der Waals surface area contributed by atoms with E-state index in [-0.39, 0.29) is 11.8 Å². The smallest absolute Gasteiger partial charge is 0.149 e. The topological polar surface area (TPSA) is 43.1 Å². The summed E-state index contributed by atoms with van der Waals surface area (Å²) in [5, 5.41) is 0. The van der Waals surface area contributed by atoms with E-state index in [1.807, 2.05) is 36.4 Å². The van der Waals surface area contributed by atoms with Crippen molar-refractivity contribution in [2.24, 2.45) is 5.73 Å². The van der Waals surface area contributed by atoms with E-state index in [0.29, 0.717) is 6.42 Å². The van der Waals surface area contributed by atoms with Crippen molar-refractivity contribution >= 4 is 5.78 Å². The van der Waals surface area contributed by atoms with E-state index in [0.717, 1.165) is 19.3 Å². The van der Waals surface area contributed by atoms with Crippen molar-refractivity contribution in [1.29, 1.82) is 0 Å². The van der Waals surface area contributed by atoms with E-state index in [1.165, 1.54) is 0 Å². The lowest BCUT2D eigenvalue weighted by Crippen LogP contribution is -2.32. The third-order valence-corrected chi connectivity index (χ3v) is 2.27. The van der Waals surface area contributed by atoms with Gasteiger partial charge < -0.3 is 5.73 Å². The van der Waals surface area contributed by atoms with Gasteiger partial charge in [0, 0.05) is 6.42 Å². The molecule has 0 heterocycles. The van der Waals surface area contributed by atoms with E-state index in [4.69, 9.17) is 5.73 Å². The van der Waals surface area contributed by atoms with Crippen LogP contribution in [0.5, 0.6) is 0 Å². The lowest BCUT2D eigenvalue weighted by atomic mass is 9.95. The zero-order valence-corrected chi connectivity index (χ0v) is 8.36. The first kappa shape index (κ1) is 10.9. The second-order valence-corrected chi connectivity index (χ2v) is 3.47. The number of carbonyl (C=O) groups excluding carboxylic acids is 1. The van der Waals surface area contributed by atoms with Gasteiger partial charge in [-0.1, -0.05) is 42.8 Å². The van der Waals surface area contributed by atoms with Crippen LogP contribution in [0, 0.1) is 0 Å². The predicted octanol–water partition coefficient (Wildman–Crippen LogP) is 2.14. The van der Waals surface area contributed by atoms with Crippen LogP contribution in [-0.4, -0.2) is 11.8 Å². The molecule has 1 unspecified atom stereocenters. The van der Waals surface area contributed by atoms with Crippen LogP contribution in [0.4, 0.5) is 0 Å². The Morgan fingerprint density at radius 2 is 1.50 bits per heavy atom. The van der Waals surface area contributed by atoms with Gasteiger partial charge in [0.05, 0.1) is 6.04 Å². The van der Waals surface area contributed by atoms with Gasteiger partial charge in [0.1, 0.15) is 5.78 Å². The van der Waals surface area contributed by atoms with E-state index in [1.54, 1.807) is 0 Å². The number of carbonyl (C=O) groups is 1. The highest BCUT2D eigenvalue weighted by Crippen LogP contribution is 2.11. The van der Waals surface area contributed by atoms with Crippen molar-refractivity contribution in [1.82, 2.24) is 0 Å². The van der Waals surface area contributed by atoms with Crippen LogP contribution in [0.3, 0.4) is 0 Å². The molecule has 0 bridgehead atoms. The van der Waals surface area contributed by atoms with Gasteiger partial charge in [0.2, 0.25) is 0 Å². The maximum atomic E-state index is 10.7. The fourth-order valence-corrected chi connectivity index (χ4v) is 1.39. The highest BCUT2D eigenvalue weighted by molar-refractivity contribution is 5.84. The molecule has 1 aromatic carbocycles. The molecule has 1 atom stereocenters. The second-order valence-electron chi connectivity index (χ2n) is 3.47. The number of hydrogen-bond donors (Lipinski definition) is 1. The number of nitrogens with two attached hydrogens (primary N) is 1. The third-order valence-electron chi connectivity index (χ3n) is 2.27. The maximum Gasteiger partial charge on any atom is 0.149 e. The number of rotatable bonds is 0. The fraction of sp³-hybridized carbons (Fsp3) is 0.417. The largest absolute Gasteiger partial charge is 0.322 e. The molecule has 14 heavy (non-hydrogen) atoms. The Morgan fingerprint density at radius 3 is 1.79 bits per heavy atom. The molecule has 76 valence electrons. The molecule has 2 nitrogen and oxygen atoms in total. The minimum absolute atomic E-state index is 0.135. The molecule has 1 fully saturated rings. The standard InChI is InChI=1S/C6H11NO.C6H6/c7-5-3-1-2-4-6(5)8;1-2-4-6-5-3-1/h5H,1-4,7H2;1-6H. The number of Topliss-reactive ketones (excluding diaryl/α,β-unsaturated/α-hetero) is 1. The van der Waals surface area contributed by atoms with Crippen molar-refractivity contribution in [2.75, 3.05) is 0 Å². The molecular weight excluding hydrogens is 174 g/mol.